The van der Waals surface area contributed by atoms with Crippen molar-refractivity contribution in [3.63, 3.8) is 0 Å². The molecule has 1 aliphatic rings. The van der Waals surface area contributed by atoms with E-state index in [4.69, 9.17) is 16.3 Å². The van der Waals surface area contributed by atoms with Gasteiger partial charge in [-0.05, 0) is 74.2 Å². The smallest absolute Gasteiger partial charge is 0.338 e. The molecule has 4 rings (SSSR count). The molecule has 1 saturated carbocycles. The first-order valence-electron chi connectivity index (χ1n) is 10.1. The first kappa shape index (κ1) is 23.9. The van der Waals surface area contributed by atoms with Gasteiger partial charge in [0.25, 0.3) is 0 Å². The third-order valence-corrected chi connectivity index (χ3v) is 5.92. The first-order chi connectivity index (χ1) is 14.4. The number of carboxylic acids is 1. The summed E-state index contributed by atoms with van der Waals surface area (Å²) in [6, 6.07) is 13.5. The van der Waals surface area contributed by atoms with E-state index >= 15 is 0 Å². The molecule has 1 heterocycles. The number of ether oxygens (including phenoxy) is 1. The molecule has 7 heteroatoms. The Kier molecular flexibility index (Phi) is 7.87. The van der Waals surface area contributed by atoms with Crippen molar-refractivity contribution in [1.82, 2.24) is 4.57 Å². The third kappa shape index (κ3) is 5.17. The number of carbonyl (C=O) groups is 1. The topological polar surface area (TPSA) is 51.5 Å². The van der Waals surface area contributed by atoms with Crippen molar-refractivity contribution < 1.29 is 19.0 Å². The molecule has 0 spiro atoms. The van der Waals surface area contributed by atoms with Crippen molar-refractivity contribution in [3.05, 3.63) is 70.6 Å². The number of halogens is 2. The quantitative estimate of drug-likeness (QED) is 0.459. The zero-order chi connectivity index (χ0) is 21.3. The predicted molar refractivity (Wildman–Crippen MR) is 121 cm³/mol. The standard InChI is InChI=1S/C24H23ClFNO3.Na/c1-15-6-10-22(27(15)18-8-9-21(26)19(13-18)24(28)29)20-12-17(25)7-11-23(20)30-14-16-4-2-3-5-16;/h6-13,16H,2-5,14H2,1H3,(H,28,29);. The van der Waals surface area contributed by atoms with Gasteiger partial charge in [0.15, 0.2) is 0 Å². The fourth-order valence-corrected chi connectivity index (χ4v) is 4.29. The summed E-state index contributed by atoms with van der Waals surface area (Å²) in [6.07, 6.45) is 4.87. The summed E-state index contributed by atoms with van der Waals surface area (Å²) in [6.45, 7) is 2.57. The molecule has 0 bridgehead atoms. The minimum absolute atomic E-state index is 0. The van der Waals surface area contributed by atoms with Gasteiger partial charge >= 0.3 is 5.97 Å². The van der Waals surface area contributed by atoms with Crippen LogP contribution in [0.4, 0.5) is 4.39 Å². The summed E-state index contributed by atoms with van der Waals surface area (Å²) in [7, 11) is 0. The minimum atomic E-state index is -1.30. The van der Waals surface area contributed by atoms with Crippen molar-refractivity contribution >= 4 is 47.1 Å². The maximum atomic E-state index is 13.9. The molecule has 0 unspecified atom stereocenters. The average molecular weight is 451 g/mol. The van der Waals surface area contributed by atoms with Crippen LogP contribution < -0.4 is 4.74 Å². The molecule has 157 valence electrons. The van der Waals surface area contributed by atoms with Crippen molar-refractivity contribution in [2.75, 3.05) is 6.61 Å². The van der Waals surface area contributed by atoms with E-state index in [0.717, 1.165) is 22.7 Å². The second-order valence-electron chi connectivity index (χ2n) is 7.77. The number of aromatic carboxylic acids is 1. The summed E-state index contributed by atoms with van der Waals surface area (Å²) < 4.78 is 22.0. The monoisotopic (exact) mass is 450 g/mol. The molecule has 1 aliphatic carbocycles. The normalized spacial score (nSPS) is 13.8. The van der Waals surface area contributed by atoms with E-state index in [0.29, 0.717) is 23.2 Å². The van der Waals surface area contributed by atoms with E-state index in [1.165, 1.54) is 37.8 Å². The molecule has 1 radical (unpaired) electrons. The number of hydrogen-bond acceptors (Lipinski definition) is 2. The Morgan fingerprint density at radius 3 is 2.61 bits per heavy atom. The van der Waals surface area contributed by atoms with Crippen molar-refractivity contribution in [2.45, 2.75) is 32.6 Å². The minimum Gasteiger partial charge on any atom is -0.493 e. The van der Waals surface area contributed by atoms with E-state index in [1.807, 2.05) is 35.8 Å². The molecule has 1 aromatic heterocycles. The molecule has 0 saturated heterocycles. The van der Waals surface area contributed by atoms with Crippen LogP contribution in [0.1, 0.15) is 41.7 Å². The van der Waals surface area contributed by atoms with Gasteiger partial charge in [-0.1, -0.05) is 24.4 Å². The molecule has 0 amide bonds. The van der Waals surface area contributed by atoms with Crippen molar-refractivity contribution in [2.24, 2.45) is 5.92 Å². The van der Waals surface area contributed by atoms with E-state index < -0.39 is 11.8 Å². The average Bonchev–Trinajstić information content (AvgIpc) is 3.37. The Hall–Kier alpha value is -1.79. The Bertz CT molecular complexity index is 1090. The molecular formula is C24H23ClFNNaO3. The molecule has 0 atom stereocenters. The second-order valence-corrected chi connectivity index (χ2v) is 8.20. The van der Waals surface area contributed by atoms with Gasteiger partial charge in [-0.3, -0.25) is 0 Å². The molecule has 0 aliphatic heterocycles. The maximum absolute atomic E-state index is 13.9. The second kappa shape index (κ2) is 10.2. The molecule has 2 aromatic carbocycles. The number of nitrogens with zero attached hydrogens (tertiary/aromatic N) is 1. The Morgan fingerprint density at radius 2 is 1.90 bits per heavy atom. The largest absolute Gasteiger partial charge is 0.493 e. The summed E-state index contributed by atoms with van der Waals surface area (Å²) in [4.78, 5) is 11.4. The third-order valence-electron chi connectivity index (χ3n) is 5.68. The number of hydrogen-bond donors (Lipinski definition) is 1. The Balaban J connectivity index is 0.00000272. The van der Waals surface area contributed by atoms with E-state index in [2.05, 4.69) is 0 Å². The van der Waals surface area contributed by atoms with Gasteiger partial charge in [-0.15, -0.1) is 0 Å². The van der Waals surface area contributed by atoms with Crippen LogP contribution in [0, 0.1) is 18.7 Å². The number of carboxylic acid groups (broad SMARTS) is 1. The van der Waals surface area contributed by atoms with Crippen LogP contribution in [-0.2, 0) is 0 Å². The Morgan fingerprint density at radius 1 is 1.16 bits per heavy atom. The van der Waals surface area contributed by atoms with Gasteiger partial charge in [0, 0.05) is 51.5 Å². The van der Waals surface area contributed by atoms with Crippen LogP contribution in [-0.4, -0.2) is 51.8 Å². The van der Waals surface area contributed by atoms with Gasteiger partial charge in [-0.2, -0.15) is 0 Å². The summed E-state index contributed by atoms with van der Waals surface area (Å²) in [5, 5.41) is 9.89. The zero-order valence-electron chi connectivity index (χ0n) is 17.7. The first-order valence-corrected chi connectivity index (χ1v) is 10.5. The van der Waals surface area contributed by atoms with Gasteiger partial charge in [0.2, 0.25) is 0 Å². The number of benzene rings is 2. The van der Waals surface area contributed by atoms with Crippen LogP contribution in [0.25, 0.3) is 16.9 Å². The van der Waals surface area contributed by atoms with Crippen LogP contribution in [0.3, 0.4) is 0 Å². The van der Waals surface area contributed by atoms with Crippen molar-refractivity contribution in [1.29, 1.82) is 0 Å². The van der Waals surface area contributed by atoms with E-state index in [-0.39, 0.29) is 35.1 Å². The van der Waals surface area contributed by atoms with Gasteiger partial charge in [0.05, 0.1) is 17.9 Å². The summed E-state index contributed by atoms with van der Waals surface area (Å²) in [5.41, 5.74) is 2.70. The fraction of sp³-hybridized carbons (Fsp3) is 0.292. The zero-order valence-corrected chi connectivity index (χ0v) is 20.5. The van der Waals surface area contributed by atoms with Gasteiger partial charge < -0.3 is 14.4 Å². The van der Waals surface area contributed by atoms with Crippen LogP contribution in [0.5, 0.6) is 5.75 Å². The van der Waals surface area contributed by atoms with Crippen LogP contribution in [0.15, 0.2) is 48.5 Å². The molecule has 4 nitrogen and oxygen atoms in total. The van der Waals surface area contributed by atoms with Gasteiger partial charge in [-0.25, -0.2) is 9.18 Å². The molecule has 3 aromatic rings. The number of rotatable bonds is 6. The maximum Gasteiger partial charge on any atom is 0.338 e. The predicted octanol–water partition coefficient (Wildman–Crippen LogP) is 6.13. The van der Waals surface area contributed by atoms with Crippen LogP contribution >= 0.6 is 11.6 Å². The Labute approximate surface area is 208 Å². The fourth-order valence-electron chi connectivity index (χ4n) is 4.12. The number of aromatic nitrogens is 1. The molecular weight excluding hydrogens is 428 g/mol. The molecule has 31 heavy (non-hydrogen) atoms. The van der Waals surface area contributed by atoms with E-state index in [9.17, 15) is 14.3 Å². The SMILES string of the molecule is Cc1ccc(-c2cc(Cl)ccc2OCC2CCCC2)n1-c1ccc(F)c(C(=O)O)c1.[Na]. The van der Waals surface area contributed by atoms with Gasteiger partial charge in [0.1, 0.15) is 11.6 Å². The summed E-state index contributed by atoms with van der Waals surface area (Å²) >= 11 is 6.29. The summed E-state index contributed by atoms with van der Waals surface area (Å²) in [5.74, 6) is -0.770. The molecule has 1 fully saturated rings. The number of aryl methyl sites for hydroxylation is 1. The van der Waals surface area contributed by atoms with Crippen LogP contribution in [0.2, 0.25) is 5.02 Å². The van der Waals surface area contributed by atoms with Crippen molar-refractivity contribution in [3.8, 4) is 22.7 Å². The van der Waals surface area contributed by atoms with E-state index in [1.54, 1.807) is 12.1 Å². The molecule has 1 N–H and O–H groups in total.